The van der Waals surface area contributed by atoms with Crippen LogP contribution in [0, 0.1) is 6.92 Å². The lowest BCUT2D eigenvalue weighted by molar-refractivity contribution is 0.101. The third-order valence-corrected chi connectivity index (χ3v) is 2.95. The minimum atomic E-state index is 0.124. The Morgan fingerprint density at radius 3 is 2.71 bits per heavy atom. The van der Waals surface area contributed by atoms with E-state index in [9.17, 15) is 4.79 Å². The van der Waals surface area contributed by atoms with Gasteiger partial charge in [0.2, 0.25) is 0 Å². The van der Waals surface area contributed by atoms with Crippen molar-refractivity contribution in [2.75, 3.05) is 5.32 Å². The molecule has 1 unspecified atom stereocenters. The van der Waals surface area contributed by atoms with Crippen LogP contribution in [0.25, 0.3) is 0 Å². The summed E-state index contributed by atoms with van der Waals surface area (Å²) in [7, 11) is 0. The molecule has 1 atom stereocenters. The van der Waals surface area contributed by atoms with Crippen LogP contribution in [0.3, 0.4) is 0 Å². The zero-order valence-electron chi connectivity index (χ0n) is 11.3. The van der Waals surface area contributed by atoms with E-state index in [1.807, 2.05) is 25.1 Å². The lowest BCUT2D eigenvalue weighted by atomic mass is 10.0. The number of anilines is 1. The van der Waals surface area contributed by atoms with Gasteiger partial charge in [-0.1, -0.05) is 31.4 Å². The van der Waals surface area contributed by atoms with Crippen molar-refractivity contribution in [3.05, 3.63) is 29.3 Å². The van der Waals surface area contributed by atoms with Crippen molar-refractivity contribution >= 4 is 11.5 Å². The molecule has 0 saturated carbocycles. The summed E-state index contributed by atoms with van der Waals surface area (Å²) in [5.41, 5.74) is 2.89. The Morgan fingerprint density at radius 2 is 2.12 bits per heavy atom. The second kappa shape index (κ2) is 6.43. The zero-order chi connectivity index (χ0) is 12.8. The lowest BCUT2D eigenvalue weighted by Gasteiger charge is -2.17. The van der Waals surface area contributed by atoms with Crippen LogP contribution in [0.15, 0.2) is 18.2 Å². The predicted molar refractivity (Wildman–Crippen MR) is 73.8 cm³/mol. The highest BCUT2D eigenvalue weighted by molar-refractivity contribution is 5.99. The summed E-state index contributed by atoms with van der Waals surface area (Å²) in [4.78, 5) is 11.6. The summed E-state index contributed by atoms with van der Waals surface area (Å²) >= 11 is 0. The molecule has 1 aromatic rings. The van der Waals surface area contributed by atoms with Crippen molar-refractivity contribution < 1.29 is 4.79 Å². The van der Waals surface area contributed by atoms with Gasteiger partial charge in [0.25, 0.3) is 0 Å². The van der Waals surface area contributed by atoms with Gasteiger partial charge in [0.05, 0.1) is 0 Å². The number of unbranched alkanes of at least 4 members (excludes halogenated alkanes) is 1. The quantitative estimate of drug-likeness (QED) is 0.746. The number of rotatable bonds is 6. The van der Waals surface area contributed by atoms with E-state index in [4.69, 9.17) is 0 Å². The molecular weight excluding hydrogens is 210 g/mol. The highest BCUT2D eigenvalue weighted by Gasteiger charge is 2.09. The minimum absolute atomic E-state index is 0.124. The largest absolute Gasteiger partial charge is 0.382 e. The molecule has 0 aliphatic heterocycles. The number of hydrogen-bond acceptors (Lipinski definition) is 2. The first-order valence-electron chi connectivity index (χ1n) is 6.42. The van der Waals surface area contributed by atoms with Gasteiger partial charge < -0.3 is 5.32 Å². The molecular formula is C15H23NO. The Kier molecular flexibility index (Phi) is 5.20. The van der Waals surface area contributed by atoms with Crippen molar-refractivity contribution in [1.82, 2.24) is 0 Å². The summed E-state index contributed by atoms with van der Waals surface area (Å²) in [6, 6.07) is 6.42. The van der Waals surface area contributed by atoms with Crippen LogP contribution >= 0.6 is 0 Å². The predicted octanol–water partition coefficient (Wildman–Crippen LogP) is 4.19. The molecule has 0 amide bonds. The minimum Gasteiger partial charge on any atom is -0.382 e. The number of hydrogen-bond donors (Lipinski definition) is 1. The second-order valence-electron chi connectivity index (χ2n) is 4.79. The average molecular weight is 233 g/mol. The van der Waals surface area contributed by atoms with Crippen LogP contribution in [0.1, 0.15) is 56.0 Å². The lowest BCUT2D eigenvalue weighted by Crippen LogP contribution is -2.16. The van der Waals surface area contributed by atoms with E-state index in [-0.39, 0.29) is 5.78 Å². The first-order valence-corrected chi connectivity index (χ1v) is 6.42. The average Bonchev–Trinajstić information content (AvgIpc) is 2.28. The molecule has 0 fully saturated rings. The van der Waals surface area contributed by atoms with Crippen LogP contribution in [-0.4, -0.2) is 11.8 Å². The summed E-state index contributed by atoms with van der Waals surface area (Å²) < 4.78 is 0. The number of carbonyl (C=O) groups is 1. The van der Waals surface area contributed by atoms with Gasteiger partial charge >= 0.3 is 0 Å². The van der Waals surface area contributed by atoms with Crippen molar-refractivity contribution in [2.24, 2.45) is 0 Å². The molecule has 0 aliphatic carbocycles. The molecule has 2 nitrogen and oxygen atoms in total. The van der Waals surface area contributed by atoms with E-state index >= 15 is 0 Å². The number of benzene rings is 1. The van der Waals surface area contributed by atoms with Crippen molar-refractivity contribution in [3.63, 3.8) is 0 Å². The van der Waals surface area contributed by atoms with Gasteiger partial charge in [-0.3, -0.25) is 4.79 Å². The summed E-state index contributed by atoms with van der Waals surface area (Å²) in [5.74, 6) is 0.124. The fourth-order valence-electron chi connectivity index (χ4n) is 1.92. The van der Waals surface area contributed by atoms with Crippen molar-refractivity contribution in [2.45, 2.75) is 53.0 Å². The Balaban J connectivity index is 2.79. The molecule has 0 aliphatic rings. The highest BCUT2D eigenvalue weighted by atomic mass is 16.1. The molecule has 0 bridgehead atoms. The highest BCUT2D eigenvalue weighted by Crippen LogP contribution is 2.20. The van der Waals surface area contributed by atoms with E-state index in [0.717, 1.165) is 23.2 Å². The molecule has 0 spiro atoms. The molecule has 1 N–H and O–H groups in total. The molecule has 0 saturated heterocycles. The number of ketones is 1. The standard InChI is InChI=1S/C15H23NO/c1-5-6-7-12(3)16-15-9-8-11(2)10-14(15)13(4)17/h8-10,12,16H,5-7H2,1-4H3. The Labute approximate surface area is 104 Å². The fourth-order valence-corrected chi connectivity index (χ4v) is 1.92. The molecule has 17 heavy (non-hydrogen) atoms. The fraction of sp³-hybridized carbons (Fsp3) is 0.533. The SMILES string of the molecule is CCCCC(C)Nc1ccc(C)cc1C(C)=O. The molecule has 2 heteroatoms. The van der Waals surface area contributed by atoms with Crippen LogP contribution in [-0.2, 0) is 0 Å². The number of nitrogens with one attached hydrogen (secondary N) is 1. The molecule has 0 radical (unpaired) electrons. The molecule has 0 aromatic heterocycles. The monoisotopic (exact) mass is 233 g/mol. The maximum Gasteiger partial charge on any atom is 0.161 e. The molecule has 1 aromatic carbocycles. The van der Waals surface area contributed by atoms with Crippen LogP contribution in [0.4, 0.5) is 5.69 Å². The summed E-state index contributed by atoms with van der Waals surface area (Å²) in [6.45, 7) is 7.99. The van der Waals surface area contributed by atoms with Crippen LogP contribution in [0.2, 0.25) is 0 Å². The van der Waals surface area contributed by atoms with E-state index in [1.54, 1.807) is 6.92 Å². The third kappa shape index (κ3) is 4.22. The normalized spacial score (nSPS) is 12.2. The number of aryl methyl sites for hydroxylation is 1. The Hall–Kier alpha value is -1.31. The van der Waals surface area contributed by atoms with Crippen LogP contribution in [0.5, 0.6) is 0 Å². The van der Waals surface area contributed by atoms with Gasteiger partial charge in [0.1, 0.15) is 0 Å². The zero-order valence-corrected chi connectivity index (χ0v) is 11.3. The van der Waals surface area contributed by atoms with Gasteiger partial charge in [0.15, 0.2) is 5.78 Å². The maximum absolute atomic E-state index is 11.6. The third-order valence-electron chi connectivity index (χ3n) is 2.95. The Morgan fingerprint density at radius 1 is 1.41 bits per heavy atom. The van der Waals surface area contributed by atoms with E-state index in [1.165, 1.54) is 12.8 Å². The van der Waals surface area contributed by atoms with Crippen LogP contribution < -0.4 is 5.32 Å². The molecule has 94 valence electrons. The summed E-state index contributed by atoms with van der Waals surface area (Å²) in [5, 5.41) is 3.43. The summed E-state index contributed by atoms with van der Waals surface area (Å²) in [6.07, 6.45) is 3.57. The Bertz CT molecular complexity index is 385. The number of carbonyl (C=O) groups excluding carboxylic acids is 1. The van der Waals surface area contributed by atoms with Gasteiger partial charge in [-0.25, -0.2) is 0 Å². The van der Waals surface area contributed by atoms with Gasteiger partial charge in [-0.2, -0.15) is 0 Å². The topological polar surface area (TPSA) is 29.1 Å². The van der Waals surface area contributed by atoms with Crippen molar-refractivity contribution in [3.8, 4) is 0 Å². The van der Waals surface area contributed by atoms with E-state index in [0.29, 0.717) is 6.04 Å². The molecule has 1 rings (SSSR count). The van der Waals surface area contributed by atoms with E-state index in [2.05, 4.69) is 19.2 Å². The maximum atomic E-state index is 11.6. The van der Waals surface area contributed by atoms with Gasteiger partial charge in [0, 0.05) is 17.3 Å². The van der Waals surface area contributed by atoms with Gasteiger partial charge in [-0.05, 0) is 39.3 Å². The molecule has 0 heterocycles. The smallest absolute Gasteiger partial charge is 0.161 e. The first kappa shape index (κ1) is 13.8. The van der Waals surface area contributed by atoms with Crippen molar-refractivity contribution in [1.29, 1.82) is 0 Å². The first-order chi connectivity index (χ1) is 8.04. The second-order valence-corrected chi connectivity index (χ2v) is 4.79. The number of Topliss-reactive ketones (excluding diaryl/α,β-unsaturated/α-hetero) is 1. The van der Waals surface area contributed by atoms with Gasteiger partial charge in [-0.15, -0.1) is 0 Å². The van der Waals surface area contributed by atoms with E-state index < -0.39 is 0 Å².